The molecule has 9 nitrogen and oxygen atoms in total. The number of likely N-dealkylation sites (tertiary alicyclic amines) is 1. The van der Waals surface area contributed by atoms with Gasteiger partial charge in [-0.25, -0.2) is 4.79 Å². The zero-order valence-electron chi connectivity index (χ0n) is 16.7. The van der Waals surface area contributed by atoms with Crippen molar-refractivity contribution in [3.8, 4) is 17.1 Å². The van der Waals surface area contributed by atoms with Crippen molar-refractivity contribution in [2.45, 2.75) is 25.3 Å². The Kier molecular flexibility index (Phi) is 4.99. The Hall–Kier alpha value is -3.88. The summed E-state index contributed by atoms with van der Waals surface area (Å²) in [6, 6.07) is 14.4. The predicted octanol–water partition coefficient (Wildman–Crippen LogP) is 3.04. The summed E-state index contributed by atoms with van der Waals surface area (Å²) in [6.07, 6.45) is 2.65. The number of carbonyl (C=O) groups excluding carboxylic acids is 1. The van der Waals surface area contributed by atoms with Gasteiger partial charge in [-0.15, -0.1) is 0 Å². The van der Waals surface area contributed by atoms with Crippen LogP contribution in [0.3, 0.4) is 0 Å². The Morgan fingerprint density at radius 1 is 1.13 bits per heavy atom. The van der Waals surface area contributed by atoms with Crippen molar-refractivity contribution in [3.05, 3.63) is 64.9 Å². The highest BCUT2D eigenvalue weighted by molar-refractivity contribution is 5.80. The summed E-state index contributed by atoms with van der Waals surface area (Å²) in [5.41, 5.74) is 1.83. The first-order valence-corrected chi connectivity index (χ1v) is 10.2. The highest BCUT2D eigenvalue weighted by Crippen LogP contribution is 2.31. The average Bonchev–Trinajstić information content (AvgIpc) is 3.43. The fourth-order valence-electron chi connectivity index (χ4n) is 3.89. The maximum Gasteiger partial charge on any atom is 0.323 e. The van der Waals surface area contributed by atoms with Crippen LogP contribution in [0.15, 0.2) is 57.8 Å². The van der Waals surface area contributed by atoms with Crippen LogP contribution in [0.1, 0.15) is 31.2 Å². The number of nitrogens with zero attached hydrogens (tertiary/aromatic N) is 3. The standard InChI is InChI=1S/C22H21N5O4/c28-19(13-30-15-6-2-1-3-7-15)27-11-5-4-8-18(27)21-25-20(26-31-21)14-9-10-16-17(12-14)24-22(29)23-16/h1-3,6-7,9-10,12,18H,4-5,8,11,13H2,(H2,23,24,29). The SMILES string of the molecule is O=C(COc1ccccc1)N1CCCCC1c1nc(-c2ccc3[nH]c(=O)[nH]c3c2)no1. The molecule has 0 saturated carbocycles. The molecule has 1 fully saturated rings. The van der Waals surface area contributed by atoms with E-state index in [2.05, 4.69) is 20.1 Å². The fourth-order valence-corrected chi connectivity index (χ4v) is 3.89. The molecule has 0 radical (unpaired) electrons. The number of amides is 1. The van der Waals surface area contributed by atoms with Crippen molar-refractivity contribution < 1.29 is 14.1 Å². The number of rotatable bonds is 5. The van der Waals surface area contributed by atoms with Gasteiger partial charge in [0.1, 0.15) is 11.8 Å². The Bertz CT molecular complexity index is 1260. The van der Waals surface area contributed by atoms with E-state index < -0.39 is 0 Å². The quantitative estimate of drug-likeness (QED) is 0.513. The lowest BCUT2D eigenvalue weighted by atomic mass is 10.0. The van der Waals surface area contributed by atoms with Crippen molar-refractivity contribution >= 4 is 16.9 Å². The molecule has 1 unspecified atom stereocenters. The molecule has 0 aliphatic carbocycles. The van der Waals surface area contributed by atoms with Crippen molar-refractivity contribution in [2.75, 3.05) is 13.2 Å². The monoisotopic (exact) mass is 419 g/mol. The number of hydrogen-bond donors (Lipinski definition) is 2. The van der Waals surface area contributed by atoms with Crippen LogP contribution < -0.4 is 10.4 Å². The van der Waals surface area contributed by atoms with E-state index in [-0.39, 0.29) is 24.2 Å². The van der Waals surface area contributed by atoms with Gasteiger partial charge in [-0.2, -0.15) is 4.98 Å². The van der Waals surface area contributed by atoms with Crippen LogP contribution in [-0.2, 0) is 4.79 Å². The molecule has 9 heteroatoms. The van der Waals surface area contributed by atoms with Crippen LogP contribution in [-0.4, -0.2) is 44.1 Å². The molecule has 2 aromatic heterocycles. The van der Waals surface area contributed by atoms with E-state index in [4.69, 9.17) is 9.26 Å². The minimum absolute atomic E-state index is 0.0426. The fraction of sp³-hybridized carbons (Fsp3) is 0.273. The molecule has 0 bridgehead atoms. The molecule has 5 rings (SSSR count). The zero-order valence-corrected chi connectivity index (χ0v) is 16.7. The number of piperidine rings is 1. The first kappa shape index (κ1) is 19.1. The number of fused-ring (bicyclic) bond motifs is 1. The topological polar surface area (TPSA) is 117 Å². The van der Waals surface area contributed by atoms with Gasteiger partial charge in [-0.05, 0) is 49.6 Å². The van der Waals surface area contributed by atoms with Crippen LogP contribution in [0.4, 0.5) is 0 Å². The smallest absolute Gasteiger partial charge is 0.323 e. The number of aromatic amines is 2. The van der Waals surface area contributed by atoms with E-state index in [1.807, 2.05) is 36.4 Å². The molecule has 4 aromatic rings. The summed E-state index contributed by atoms with van der Waals surface area (Å²) in [5.74, 6) is 1.37. The lowest BCUT2D eigenvalue weighted by Crippen LogP contribution is -2.41. The number of hydrogen-bond acceptors (Lipinski definition) is 6. The first-order valence-electron chi connectivity index (χ1n) is 10.2. The van der Waals surface area contributed by atoms with E-state index in [0.717, 1.165) is 24.8 Å². The number of nitrogens with one attached hydrogen (secondary N) is 2. The second kappa shape index (κ2) is 8.10. The van der Waals surface area contributed by atoms with E-state index in [1.54, 1.807) is 17.0 Å². The highest BCUT2D eigenvalue weighted by Gasteiger charge is 2.32. The lowest BCUT2D eigenvalue weighted by Gasteiger charge is -2.33. The van der Waals surface area contributed by atoms with Crippen LogP contribution in [0.25, 0.3) is 22.4 Å². The third-order valence-electron chi connectivity index (χ3n) is 5.43. The molecule has 1 aliphatic rings. The van der Waals surface area contributed by atoms with Crippen LogP contribution in [0.5, 0.6) is 5.75 Å². The molecule has 0 spiro atoms. The summed E-state index contributed by atoms with van der Waals surface area (Å²) < 4.78 is 11.2. The Morgan fingerprint density at radius 2 is 1.97 bits per heavy atom. The van der Waals surface area contributed by atoms with Crippen LogP contribution >= 0.6 is 0 Å². The van der Waals surface area contributed by atoms with Gasteiger partial charge in [0.15, 0.2) is 6.61 Å². The van der Waals surface area contributed by atoms with Crippen molar-refractivity contribution in [2.24, 2.45) is 0 Å². The number of H-pyrrole nitrogens is 2. The molecular formula is C22H21N5O4. The van der Waals surface area contributed by atoms with Gasteiger partial charge in [-0.1, -0.05) is 23.4 Å². The number of ether oxygens (including phenoxy) is 1. The minimum atomic E-state index is -0.280. The van der Waals surface area contributed by atoms with E-state index in [0.29, 0.717) is 35.0 Å². The Balaban J connectivity index is 1.34. The molecule has 1 atom stereocenters. The minimum Gasteiger partial charge on any atom is -0.484 e. The molecule has 1 aliphatic heterocycles. The van der Waals surface area contributed by atoms with Crippen LogP contribution in [0, 0.1) is 0 Å². The van der Waals surface area contributed by atoms with Gasteiger partial charge in [0.25, 0.3) is 5.91 Å². The van der Waals surface area contributed by atoms with Crippen molar-refractivity contribution in [1.29, 1.82) is 0 Å². The molecule has 31 heavy (non-hydrogen) atoms. The average molecular weight is 419 g/mol. The summed E-state index contributed by atoms with van der Waals surface area (Å²) >= 11 is 0. The predicted molar refractivity (Wildman–Crippen MR) is 112 cm³/mol. The summed E-state index contributed by atoms with van der Waals surface area (Å²) in [7, 11) is 0. The number of benzene rings is 2. The van der Waals surface area contributed by atoms with E-state index in [1.165, 1.54) is 0 Å². The van der Waals surface area contributed by atoms with Gasteiger partial charge < -0.3 is 24.1 Å². The molecule has 2 aromatic carbocycles. The van der Waals surface area contributed by atoms with E-state index in [9.17, 15) is 9.59 Å². The summed E-state index contributed by atoms with van der Waals surface area (Å²) in [6.45, 7) is 0.578. The molecular weight excluding hydrogens is 398 g/mol. The normalized spacial score (nSPS) is 16.5. The molecule has 2 N–H and O–H groups in total. The zero-order chi connectivity index (χ0) is 21.2. The second-order valence-electron chi connectivity index (χ2n) is 7.50. The largest absolute Gasteiger partial charge is 0.484 e. The van der Waals surface area contributed by atoms with E-state index >= 15 is 0 Å². The number of imidazole rings is 1. The Morgan fingerprint density at radius 3 is 2.84 bits per heavy atom. The van der Waals surface area contributed by atoms with Crippen molar-refractivity contribution in [3.63, 3.8) is 0 Å². The number of carbonyl (C=O) groups is 1. The number of aromatic nitrogens is 4. The van der Waals surface area contributed by atoms with Crippen LogP contribution in [0.2, 0.25) is 0 Å². The van der Waals surface area contributed by atoms with Gasteiger partial charge in [0, 0.05) is 12.1 Å². The van der Waals surface area contributed by atoms with Gasteiger partial charge in [0.2, 0.25) is 11.7 Å². The van der Waals surface area contributed by atoms with Crippen molar-refractivity contribution in [1.82, 2.24) is 25.0 Å². The number of para-hydroxylation sites is 1. The molecule has 1 amide bonds. The highest BCUT2D eigenvalue weighted by atomic mass is 16.5. The molecule has 3 heterocycles. The third-order valence-corrected chi connectivity index (χ3v) is 5.43. The molecule has 1 saturated heterocycles. The second-order valence-corrected chi connectivity index (χ2v) is 7.50. The lowest BCUT2D eigenvalue weighted by molar-refractivity contribution is -0.138. The summed E-state index contributed by atoms with van der Waals surface area (Å²) in [4.78, 5) is 36.1. The van der Waals surface area contributed by atoms with Gasteiger partial charge in [-0.3, -0.25) is 4.79 Å². The third kappa shape index (κ3) is 3.94. The Labute approximate surface area is 177 Å². The maximum atomic E-state index is 12.9. The summed E-state index contributed by atoms with van der Waals surface area (Å²) in [5, 5.41) is 4.11. The molecule has 158 valence electrons. The first-order chi connectivity index (χ1) is 15.2. The van der Waals surface area contributed by atoms with Gasteiger partial charge >= 0.3 is 5.69 Å². The van der Waals surface area contributed by atoms with Gasteiger partial charge in [0.05, 0.1) is 11.0 Å². The maximum absolute atomic E-state index is 12.9.